The number of hydrogen-bond donors (Lipinski definition) is 2. The Labute approximate surface area is 220 Å². The lowest BCUT2D eigenvalue weighted by Gasteiger charge is -2.20. The van der Waals surface area contributed by atoms with Crippen molar-refractivity contribution in [1.82, 2.24) is 14.9 Å². The maximum absolute atomic E-state index is 12.9. The van der Waals surface area contributed by atoms with E-state index in [1.54, 1.807) is 24.4 Å². The minimum absolute atomic E-state index is 0.180. The minimum atomic E-state index is -3.34. The largest absolute Gasteiger partial charge is 0.491 e. The van der Waals surface area contributed by atoms with Gasteiger partial charge in [0.2, 0.25) is 0 Å². The summed E-state index contributed by atoms with van der Waals surface area (Å²) in [6.07, 6.45) is 1.23. The summed E-state index contributed by atoms with van der Waals surface area (Å²) in [5, 5.41) is 10.6. The summed E-state index contributed by atoms with van der Waals surface area (Å²) in [7, 11) is -3.34. The monoisotopic (exact) mass is 543 g/mol. The van der Waals surface area contributed by atoms with E-state index in [2.05, 4.69) is 9.97 Å². The molecule has 7 nitrogen and oxygen atoms in total. The molecule has 202 valence electrons. The molecule has 2 heterocycles. The number of aromatic amines is 1. The molecule has 2 aromatic heterocycles. The summed E-state index contributed by atoms with van der Waals surface area (Å²) >= 11 is 0. The van der Waals surface area contributed by atoms with Crippen molar-refractivity contribution in [3.05, 3.63) is 54.2 Å². The normalized spacial score (nSPS) is 14.3. The second-order valence-corrected chi connectivity index (χ2v) is 12.0. The third kappa shape index (κ3) is 5.52. The van der Waals surface area contributed by atoms with Crippen LogP contribution < -0.4 is 4.74 Å². The molecular formula is C28H31F2N3O4S. The van der Waals surface area contributed by atoms with Gasteiger partial charge in [0.1, 0.15) is 11.4 Å². The van der Waals surface area contributed by atoms with Crippen LogP contribution in [0.25, 0.3) is 33.1 Å². The Morgan fingerprint density at radius 3 is 2.74 bits per heavy atom. The maximum Gasteiger partial charge on any atom is 0.251 e. The lowest BCUT2D eigenvalue weighted by Crippen LogP contribution is -2.33. The quantitative estimate of drug-likeness (QED) is 0.246. The van der Waals surface area contributed by atoms with E-state index in [-0.39, 0.29) is 24.9 Å². The van der Waals surface area contributed by atoms with Crippen LogP contribution in [0, 0.1) is 6.92 Å². The van der Waals surface area contributed by atoms with Crippen molar-refractivity contribution in [1.29, 1.82) is 0 Å². The molecule has 10 heteroatoms. The highest BCUT2D eigenvalue weighted by Crippen LogP contribution is 2.40. The van der Waals surface area contributed by atoms with Crippen LogP contribution in [0.3, 0.4) is 0 Å². The molecule has 1 fully saturated rings. The highest BCUT2D eigenvalue weighted by atomic mass is 32.2. The van der Waals surface area contributed by atoms with Gasteiger partial charge in [-0.25, -0.2) is 22.2 Å². The van der Waals surface area contributed by atoms with Gasteiger partial charge >= 0.3 is 0 Å². The van der Waals surface area contributed by atoms with Gasteiger partial charge in [-0.15, -0.1) is 0 Å². The summed E-state index contributed by atoms with van der Waals surface area (Å²) in [6, 6.07) is 12.9. The van der Waals surface area contributed by atoms with Gasteiger partial charge in [-0.05, 0) is 73.2 Å². The zero-order valence-corrected chi connectivity index (χ0v) is 22.0. The molecular weight excluding hydrogens is 512 g/mol. The van der Waals surface area contributed by atoms with Crippen LogP contribution in [-0.2, 0) is 9.84 Å². The first-order valence-corrected chi connectivity index (χ1v) is 14.3. The predicted octanol–water partition coefficient (Wildman–Crippen LogP) is 4.96. The first-order valence-electron chi connectivity index (χ1n) is 12.8. The fourth-order valence-corrected chi connectivity index (χ4v) is 6.54. The van der Waals surface area contributed by atoms with Crippen molar-refractivity contribution in [2.45, 2.75) is 42.8 Å². The number of hydrogen-bond acceptors (Lipinski definition) is 6. The van der Waals surface area contributed by atoms with Crippen molar-refractivity contribution in [2.75, 3.05) is 32.8 Å². The Morgan fingerprint density at radius 2 is 2.00 bits per heavy atom. The molecule has 1 saturated carbocycles. The maximum atomic E-state index is 12.9. The van der Waals surface area contributed by atoms with Crippen molar-refractivity contribution in [2.24, 2.45) is 0 Å². The number of H-pyrrole nitrogens is 1. The second kappa shape index (κ2) is 11.0. The molecule has 0 atom stereocenters. The smallest absolute Gasteiger partial charge is 0.251 e. The van der Waals surface area contributed by atoms with Gasteiger partial charge in [-0.2, -0.15) is 0 Å². The van der Waals surface area contributed by atoms with Crippen LogP contribution in [0.4, 0.5) is 8.78 Å². The average Bonchev–Trinajstić information content (AvgIpc) is 3.69. The first-order chi connectivity index (χ1) is 18.3. The molecule has 38 heavy (non-hydrogen) atoms. The van der Waals surface area contributed by atoms with Gasteiger partial charge in [0.05, 0.1) is 35.4 Å². The highest BCUT2D eigenvalue weighted by molar-refractivity contribution is 7.92. The first kappa shape index (κ1) is 26.5. The van der Waals surface area contributed by atoms with Crippen LogP contribution >= 0.6 is 0 Å². The van der Waals surface area contributed by atoms with E-state index in [0.29, 0.717) is 48.7 Å². The number of alkyl halides is 2. The second-order valence-electron chi connectivity index (χ2n) is 9.78. The number of fused-ring (bicyclic) bond motifs is 3. The molecule has 0 amide bonds. The zero-order chi connectivity index (χ0) is 26.9. The predicted molar refractivity (Wildman–Crippen MR) is 144 cm³/mol. The average molecular weight is 544 g/mol. The molecule has 1 aliphatic carbocycles. The lowest BCUT2D eigenvalue weighted by molar-refractivity contribution is 0.0755. The molecule has 4 aromatic rings. The molecule has 0 spiro atoms. The SMILES string of the molecule is Cc1cnc2[nH]c3c(OCCCN(CCO)CC(F)F)ccc(-c4cccc(S(=O)(=O)C5CC5)c4)c3c2c1. The molecule has 0 aliphatic heterocycles. The topological polar surface area (TPSA) is 95.5 Å². The number of benzene rings is 2. The summed E-state index contributed by atoms with van der Waals surface area (Å²) < 4.78 is 57.5. The number of aliphatic hydroxyl groups excluding tert-OH is 1. The molecule has 2 N–H and O–H groups in total. The number of pyridine rings is 1. The lowest BCUT2D eigenvalue weighted by atomic mass is 9.99. The van der Waals surface area contributed by atoms with Crippen molar-refractivity contribution < 1.29 is 27.0 Å². The van der Waals surface area contributed by atoms with Gasteiger partial charge in [0.25, 0.3) is 6.43 Å². The summed E-state index contributed by atoms with van der Waals surface area (Å²) in [4.78, 5) is 9.75. The van der Waals surface area contributed by atoms with E-state index in [9.17, 15) is 17.2 Å². The number of aliphatic hydroxyl groups is 1. The van der Waals surface area contributed by atoms with E-state index >= 15 is 0 Å². The fraction of sp³-hybridized carbons (Fsp3) is 0.393. The van der Waals surface area contributed by atoms with Crippen molar-refractivity contribution in [3.63, 3.8) is 0 Å². The highest BCUT2D eigenvalue weighted by Gasteiger charge is 2.37. The molecule has 2 aromatic carbocycles. The summed E-state index contributed by atoms with van der Waals surface area (Å²) in [5.74, 6) is 0.601. The molecule has 5 rings (SSSR count). The standard InChI is InChI=1S/C28H31F2N3O4S/c1-18-14-23-26-22(19-4-2-5-21(15-19)38(35,36)20-6-7-20)8-9-24(27(26)32-28(23)31-16-18)37-13-3-10-33(11-12-34)17-25(29)30/h2,4-5,8-9,14-16,20,25,34H,3,6-7,10-13,17H2,1H3,(H,31,32). The molecule has 0 radical (unpaired) electrons. The number of nitrogens with one attached hydrogen (secondary N) is 1. The Balaban J connectivity index is 1.48. The molecule has 0 unspecified atom stereocenters. The van der Waals surface area contributed by atoms with E-state index in [4.69, 9.17) is 9.84 Å². The third-order valence-electron chi connectivity index (χ3n) is 6.83. The van der Waals surface area contributed by atoms with Gasteiger partial charge in [0.15, 0.2) is 9.84 Å². The van der Waals surface area contributed by atoms with Gasteiger partial charge in [-0.1, -0.05) is 12.1 Å². The number of aromatic nitrogens is 2. The van der Waals surface area contributed by atoms with E-state index in [0.717, 1.165) is 33.0 Å². The fourth-order valence-electron chi connectivity index (χ4n) is 4.84. The molecule has 0 bridgehead atoms. The number of rotatable bonds is 12. The third-order valence-corrected chi connectivity index (χ3v) is 9.09. The van der Waals surface area contributed by atoms with Crippen LogP contribution in [0.15, 0.2) is 53.6 Å². The number of ether oxygens (including phenoxy) is 1. The van der Waals surface area contributed by atoms with Crippen LogP contribution in [0.2, 0.25) is 0 Å². The van der Waals surface area contributed by atoms with Crippen LogP contribution in [-0.4, -0.2) is 72.9 Å². The van der Waals surface area contributed by atoms with Crippen LogP contribution in [0.1, 0.15) is 24.8 Å². The molecule has 0 saturated heterocycles. The molecule has 1 aliphatic rings. The Kier molecular flexibility index (Phi) is 7.65. The zero-order valence-electron chi connectivity index (χ0n) is 21.2. The number of aryl methyl sites for hydroxylation is 1. The van der Waals surface area contributed by atoms with Crippen LogP contribution in [0.5, 0.6) is 5.75 Å². The van der Waals surface area contributed by atoms with E-state index in [1.165, 1.54) is 4.90 Å². The van der Waals surface area contributed by atoms with Gasteiger partial charge in [0, 0.05) is 30.1 Å². The summed E-state index contributed by atoms with van der Waals surface area (Å²) in [6.45, 7) is 2.26. The van der Waals surface area contributed by atoms with Gasteiger partial charge in [-0.3, -0.25) is 4.90 Å². The van der Waals surface area contributed by atoms with Crippen molar-refractivity contribution in [3.8, 4) is 16.9 Å². The number of nitrogens with zero attached hydrogens (tertiary/aromatic N) is 2. The van der Waals surface area contributed by atoms with Gasteiger partial charge < -0.3 is 14.8 Å². The Bertz CT molecular complexity index is 1550. The number of halogens is 2. The summed E-state index contributed by atoms with van der Waals surface area (Å²) in [5.41, 5.74) is 4.08. The Hall–Kier alpha value is -3.08. The minimum Gasteiger partial charge on any atom is -0.491 e. The van der Waals surface area contributed by atoms with E-state index in [1.807, 2.05) is 31.2 Å². The van der Waals surface area contributed by atoms with E-state index < -0.39 is 16.3 Å². The number of sulfone groups is 1. The van der Waals surface area contributed by atoms with Crippen molar-refractivity contribution >= 4 is 31.8 Å². The Morgan fingerprint density at radius 1 is 1.18 bits per heavy atom.